The molecule has 2 rings (SSSR count). The second kappa shape index (κ2) is 11.6. The molecule has 5 nitrogen and oxygen atoms in total. The van der Waals surface area contributed by atoms with Crippen LogP contribution in [0, 0.1) is 0 Å². The zero-order valence-electron chi connectivity index (χ0n) is 17.1. The van der Waals surface area contributed by atoms with Gasteiger partial charge in [-0.1, -0.05) is 25.4 Å². The minimum absolute atomic E-state index is 0.0112. The molecule has 170 valence electrons. The number of ether oxygens (including phenoxy) is 2. The van der Waals surface area contributed by atoms with E-state index in [4.69, 9.17) is 21.1 Å². The molecule has 0 spiro atoms. The van der Waals surface area contributed by atoms with Crippen molar-refractivity contribution in [3.63, 3.8) is 0 Å². The number of likely N-dealkylation sites (N-methyl/N-ethyl adjacent to an activating group) is 1. The molecule has 0 aromatic heterocycles. The van der Waals surface area contributed by atoms with Crippen LogP contribution in [0.25, 0.3) is 0 Å². The number of nitrogens with one attached hydrogen (secondary N) is 1. The van der Waals surface area contributed by atoms with E-state index in [9.17, 15) is 18.0 Å². The van der Waals surface area contributed by atoms with Gasteiger partial charge in [-0.25, -0.2) is 0 Å². The molecule has 0 fully saturated rings. The highest BCUT2D eigenvalue weighted by atomic mass is 79.9. The summed E-state index contributed by atoms with van der Waals surface area (Å²) in [4.78, 5) is 14.4. The number of carbonyl (C=O) groups is 1. The fourth-order valence-corrected chi connectivity index (χ4v) is 3.38. The molecule has 0 heterocycles. The molecule has 0 aliphatic heterocycles. The third-order valence-electron chi connectivity index (χ3n) is 4.39. The van der Waals surface area contributed by atoms with Crippen LogP contribution in [0.1, 0.15) is 19.4 Å². The Bertz CT molecular complexity index is 893. The number of benzene rings is 2. The topological polar surface area (TPSA) is 50.8 Å². The van der Waals surface area contributed by atoms with Crippen LogP contribution in [0.15, 0.2) is 40.9 Å². The first-order valence-electron chi connectivity index (χ1n) is 9.58. The molecular weight excluding hydrogens is 501 g/mol. The number of alkyl halides is 3. The van der Waals surface area contributed by atoms with Crippen LogP contribution < -0.4 is 14.8 Å². The Kier molecular flexibility index (Phi) is 9.46. The average Bonchev–Trinajstić information content (AvgIpc) is 2.71. The van der Waals surface area contributed by atoms with E-state index in [1.54, 1.807) is 18.2 Å². The molecule has 0 aliphatic rings. The second-order valence-electron chi connectivity index (χ2n) is 6.50. The van der Waals surface area contributed by atoms with Crippen LogP contribution >= 0.6 is 27.5 Å². The first-order valence-corrected chi connectivity index (χ1v) is 10.7. The Labute approximate surface area is 192 Å². The van der Waals surface area contributed by atoms with Crippen molar-refractivity contribution >= 4 is 39.1 Å². The molecule has 2 aromatic rings. The summed E-state index contributed by atoms with van der Waals surface area (Å²) in [5.41, 5.74) is -0.381. The van der Waals surface area contributed by atoms with Crippen molar-refractivity contribution in [2.75, 3.05) is 38.2 Å². The number of hydrogen-bond acceptors (Lipinski definition) is 4. The van der Waals surface area contributed by atoms with Gasteiger partial charge in [0.1, 0.15) is 18.1 Å². The van der Waals surface area contributed by atoms with E-state index >= 15 is 0 Å². The summed E-state index contributed by atoms with van der Waals surface area (Å²) in [6.45, 7) is 7.01. The van der Waals surface area contributed by atoms with E-state index in [1.165, 1.54) is 0 Å². The molecule has 0 saturated heterocycles. The quantitative estimate of drug-likeness (QED) is 0.424. The predicted molar refractivity (Wildman–Crippen MR) is 118 cm³/mol. The Morgan fingerprint density at radius 1 is 1.10 bits per heavy atom. The van der Waals surface area contributed by atoms with Crippen molar-refractivity contribution in [2.24, 2.45) is 0 Å². The Hall–Kier alpha value is -1.97. The lowest BCUT2D eigenvalue weighted by molar-refractivity contribution is -0.137. The highest BCUT2D eigenvalue weighted by Crippen LogP contribution is 2.34. The van der Waals surface area contributed by atoms with Crippen molar-refractivity contribution in [2.45, 2.75) is 20.0 Å². The third kappa shape index (κ3) is 7.90. The van der Waals surface area contributed by atoms with Gasteiger partial charge in [-0.15, -0.1) is 0 Å². The Balaban J connectivity index is 1.87. The van der Waals surface area contributed by atoms with Crippen LogP contribution in [0.3, 0.4) is 0 Å². The summed E-state index contributed by atoms with van der Waals surface area (Å²) in [5.74, 6) is 0.152. The standard InChI is InChI=1S/C21H23BrClF3N2O3/c1-3-28(4-2)9-10-30-18-8-6-15(12-16(18)22)27-20(29)13-31-19-7-5-14(11-17(19)23)21(24,25)26/h5-8,11-12H,3-4,9-10,13H2,1-2H3,(H,27,29). The lowest BCUT2D eigenvalue weighted by Gasteiger charge is -2.18. The molecule has 10 heteroatoms. The largest absolute Gasteiger partial charge is 0.491 e. The molecule has 0 saturated carbocycles. The van der Waals surface area contributed by atoms with Crippen LogP contribution in [-0.2, 0) is 11.0 Å². The molecule has 0 atom stereocenters. The fraction of sp³-hybridized carbons (Fsp3) is 0.381. The summed E-state index contributed by atoms with van der Waals surface area (Å²) in [5, 5.41) is 2.42. The lowest BCUT2D eigenvalue weighted by Crippen LogP contribution is -2.27. The zero-order chi connectivity index (χ0) is 23.0. The zero-order valence-corrected chi connectivity index (χ0v) is 19.4. The third-order valence-corrected chi connectivity index (χ3v) is 5.31. The van der Waals surface area contributed by atoms with Crippen molar-refractivity contribution < 1.29 is 27.4 Å². The molecule has 31 heavy (non-hydrogen) atoms. The van der Waals surface area contributed by atoms with Gasteiger partial charge in [-0.3, -0.25) is 4.79 Å². The monoisotopic (exact) mass is 522 g/mol. The summed E-state index contributed by atoms with van der Waals surface area (Å²) in [6, 6.07) is 7.78. The molecule has 0 aliphatic carbocycles. The van der Waals surface area contributed by atoms with Crippen molar-refractivity contribution in [1.29, 1.82) is 0 Å². The molecule has 0 radical (unpaired) electrons. The van der Waals surface area contributed by atoms with Crippen molar-refractivity contribution in [3.8, 4) is 11.5 Å². The van der Waals surface area contributed by atoms with Crippen molar-refractivity contribution in [1.82, 2.24) is 4.90 Å². The number of anilines is 1. The van der Waals surface area contributed by atoms with E-state index < -0.39 is 24.3 Å². The van der Waals surface area contributed by atoms with Crippen LogP contribution in [0.4, 0.5) is 18.9 Å². The van der Waals surface area contributed by atoms with Gasteiger partial charge >= 0.3 is 6.18 Å². The van der Waals surface area contributed by atoms with Gasteiger partial charge in [0, 0.05) is 12.2 Å². The number of amides is 1. The van der Waals surface area contributed by atoms with Crippen molar-refractivity contribution in [3.05, 3.63) is 51.5 Å². The fourth-order valence-electron chi connectivity index (χ4n) is 2.65. The molecule has 0 unspecified atom stereocenters. The SMILES string of the molecule is CCN(CC)CCOc1ccc(NC(=O)COc2ccc(C(F)(F)F)cc2Cl)cc1Br. The van der Waals surface area contributed by atoms with E-state index in [0.717, 1.165) is 37.8 Å². The number of nitrogens with zero attached hydrogens (tertiary/aromatic N) is 1. The maximum atomic E-state index is 12.7. The van der Waals surface area contributed by atoms with E-state index in [2.05, 4.69) is 40.0 Å². The first kappa shape index (κ1) is 25.3. The summed E-state index contributed by atoms with van der Waals surface area (Å²) in [6.07, 6.45) is -4.51. The highest BCUT2D eigenvalue weighted by molar-refractivity contribution is 9.10. The Morgan fingerprint density at radius 3 is 2.35 bits per heavy atom. The van der Waals surface area contributed by atoms with Crippen LogP contribution in [0.5, 0.6) is 11.5 Å². The molecule has 2 aromatic carbocycles. The second-order valence-corrected chi connectivity index (χ2v) is 7.76. The summed E-state index contributed by atoms with van der Waals surface area (Å²) < 4.78 is 49.7. The van der Waals surface area contributed by atoms with Gasteiger partial charge in [-0.05, 0) is 65.4 Å². The highest BCUT2D eigenvalue weighted by Gasteiger charge is 2.31. The van der Waals surface area contributed by atoms with E-state index in [0.29, 0.717) is 22.5 Å². The van der Waals surface area contributed by atoms with E-state index in [1.807, 2.05) is 0 Å². The smallest absolute Gasteiger partial charge is 0.416 e. The first-order chi connectivity index (χ1) is 14.6. The number of rotatable bonds is 10. The average molecular weight is 524 g/mol. The molecule has 1 amide bonds. The predicted octanol–water partition coefficient (Wildman–Crippen LogP) is 5.86. The molecule has 1 N–H and O–H groups in total. The van der Waals surface area contributed by atoms with Gasteiger partial charge < -0.3 is 19.7 Å². The summed E-state index contributed by atoms with van der Waals surface area (Å²) in [7, 11) is 0. The molecular formula is C21H23BrClF3N2O3. The van der Waals surface area contributed by atoms with Gasteiger partial charge in [0.2, 0.25) is 0 Å². The number of carbonyl (C=O) groups excluding carboxylic acids is 1. The lowest BCUT2D eigenvalue weighted by atomic mass is 10.2. The van der Waals surface area contributed by atoms with Crippen LogP contribution in [-0.4, -0.2) is 43.7 Å². The van der Waals surface area contributed by atoms with Gasteiger partial charge in [0.25, 0.3) is 5.91 Å². The van der Waals surface area contributed by atoms with Gasteiger partial charge in [-0.2, -0.15) is 13.2 Å². The normalized spacial score (nSPS) is 11.5. The van der Waals surface area contributed by atoms with Gasteiger partial charge in [0.05, 0.1) is 15.1 Å². The minimum atomic E-state index is -4.51. The Morgan fingerprint density at radius 2 is 1.77 bits per heavy atom. The van der Waals surface area contributed by atoms with E-state index in [-0.39, 0.29) is 10.8 Å². The van der Waals surface area contributed by atoms with Gasteiger partial charge in [0.15, 0.2) is 6.61 Å². The number of halogens is 5. The molecule has 0 bridgehead atoms. The van der Waals surface area contributed by atoms with Crippen LogP contribution in [0.2, 0.25) is 5.02 Å². The number of hydrogen-bond donors (Lipinski definition) is 1. The minimum Gasteiger partial charge on any atom is -0.491 e. The maximum absolute atomic E-state index is 12.7. The maximum Gasteiger partial charge on any atom is 0.416 e. The summed E-state index contributed by atoms with van der Waals surface area (Å²) >= 11 is 9.23.